The van der Waals surface area contributed by atoms with Crippen molar-refractivity contribution in [1.29, 1.82) is 0 Å². The number of carbonyl (C=O) groups excluding carboxylic acids is 4. The molecule has 2 aromatic rings. The largest absolute Gasteiger partial charge is 0.481 e. The number of nitrogens with zero attached hydrogens (tertiary/aromatic N) is 5. The molecule has 7 aliphatic rings. The molecule has 5 fully saturated rings. The summed E-state index contributed by atoms with van der Waals surface area (Å²) < 4.78 is 88.6. The molecule has 5 heterocycles. The van der Waals surface area contributed by atoms with Gasteiger partial charge in [-0.15, -0.1) is 0 Å². The van der Waals surface area contributed by atoms with Crippen LogP contribution in [0.3, 0.4) is 0 Å². The van der Waals surface area contributed by atoms with Crippen molar-refractivity contribution in [3.63, 3.8) is 0 Å². The molecule has 19 atom stereocenters. The zero-order valence-corrected chi connectivity index (χ0v) is 44.6. The number of allylic oxidation sites excluding steroid dienone is 5. The summed E-state index contributed by atoms with van der Waals surface area (Å²) in [4.78, 5) is 81.7. The van der Waals surface area contributed by atoms with Gasteiger partial charge in [-0.25, -0.2) is 32.9 Å². The number of ether oxygens (including phenoxy) is 3. The van der Waals surface area contributed by atoms with Gasteiger partial charge in [0.25, 0.3) is 0 Å². The van der Waals surface area contributed by atoms with Gasteiger partial charge in [-0.1, -0.05) is 39.3 Å². The number of ketones is 2. The van der Waals surface area contributed by atoms with E-state index in [4.69, 9.17) is 34.7 Å². The maximum Gasteiger partial charge on any atom is 0.481 e. The number of alkyl halides is 2. The number of Topliss-reactive ketones (excluding diaryl/α,β-unsaturated/α-hetero) is 1. The Morgan fingerprint density at radius 1 is 0.936 bits per heavy atom. The molecular weight excluding hydrogens is 1080 g/mol. The van der Waals surface area contributed by atoms with Crippen LogP contribution in [0, 0.1) is 34.5 Å². The number of aliphatic hydroxyl groups is 5. The van der Waals surface area contributed by atoms with Crippen molar-refractivity contribution in [3.05, 3.63) is 60.5 Å². The minimum atomic E-state index is -5.37. The summed E-state index contributed by atoms with van der Waals surface area (Å²) in [6, 6.07) is 0. The van der Waals surface area contributed by atoms with E-state index in [1.807, 2.05) is 20.8 Å². The number of unbranched alkanes of at least 4 members (excludes halogenated alkanes) is 1. The second-order valence-electron chi connectivity index (χ2n) is 21.2. The van der Waals surface area contributed by atoms with Crippen LogP contribution in [-0.4, -0.2) is 164 Å². The maximum absolute atomic E-state index is 17.1. The van der Waals surface area contributed by atoms with Gasteiger partial charge in [0.2, 0.25) is 5.91 Å². The summed E-state index contributed by atoms with van der Waals surface area (Å²) in [5, 5.41) is 52.9. The minimum absolute atomic E-state index is 0.0517. The number of phosphoric ester groups is 2. The number of primary amides is 1. The summed E-state index contributed by atoms with van der Waals surface area (Å²) in [5.74, 6) is -3.40. The third-order valence-corrected chi connectivity index (χ3v) is 18.9. The molecule has 0 aromatic carbocycles. The smallest absolute Gasteiger partial charge is 0.458 e. The van der Waals surface area contributed by atoms with E-state index in [-0.39, 0.29) is 83.8 Å². The summed E-state index contributed by atoms with van der Waals surface area (Å²) >= 11 is 0. The monoisotopic (exact) mass is 1140 g/mol. The predicted octanol–water partition coefficient (Wildman–Crippen LogP) is 1.78. The van der Waals surface area contributed by atoms with E-state index >= 15 is 8.78 Å². The number of hydrogen-bond donors (Lipinski definition) is 9. The number of amides is 1. The third-order valence-electron chi connectivity index (χ3n) is 16.3. The summed E-state index contributed by atoms with van der Waals surface area (Å²) in [5.41, 5.74) is 7.36. The second-order valence-corrected chi connectivity index (χ2v) is 24.3. The molecule has 2 unspecified atom stereocenters. The van der Waals surface area contributed by atoms with Gasteiger partial charge in [-0.2, -0.15) is 4.31 Å². The standard InChI is InChI=1S/C27H36F2O5.C21H29N7O14P2/c1-5-6-7-23(33)34-14-21(31)24-15(2)10-17-18-12-20(28)19-11-16(30)8-9-26(19,4)27(18,29)22(32)13-25(17,24)3;22-17-12-19(25-7-24-17)28(8-26-12)21-16(32)14(30)11(41-21)6-39-44(36,37)42-43(34,35)38-5-10-13(29)15(31)20(40-10)27-3-1-2-9(4-27)18(23)33/h8-9,11,15,17-18,20,22,24,32H,5-7,10,12-14H2,1-4H3;1,3-4,7-8,10-11,13-16,20-21,29-32H,2,5-6H2,(H2,23,33)(H,34,35)(H,36,37)(H2,22,24,25)/t15-,17+,18+,20+,22+,24-,25+,26+,27+;10-,11-,13-,14-,15-,16-,20-,21-/m11/s1. The molecule has 0 spiro atoms. The molecule has 2 saturated heterocycles. The summed E-state index contributed by atoms with van der Waals surface area (Å²) in [7, 11) is -10.7. The molecule has 3 aliphatic heterocycles. The number of carbonyl (C=O) groups is 4. The number of halogens is 2. The molecule has 1 amide bonds. The lowest BCUT2D eigenvalue weighted by atomic mass is 9.45. The van der Waals surface area contributed by atoms with Crippen LogP contribution in [0.2, 0.25) is 0 Å². The Kier molecular flexibility index (Phi) is 17.2. The third kappa shape index (κ3) is 11.2. The van der Waals surface area contributed by atoms with E-state index in [1.54, 1.807) is 13.0 Å². The Hall–Kier alpha value is -4.77. The van der Waals surface area contributed by atoms with Crippen LogP contribution in [0.1, 0.15) is 78.9 Å². The lowest BCUT2D eigenvalue weighted by Gasteiger charge is -2.62. The Labute approximate surface area is 445 Å². The fraction of sp³-hybridized carbons (Fsp3) is 0.646. The molecule has 30 heteroatoms. The number of hydrogen-bond acceptors (Lipinski definition) is 22. The molecule has 3 saturated carbocycles. The van der Waals surface area contributed by atoms with Crippen LogP contribution in [-0.2, 0) is 55.9 Å². The number of anilines is 1. The second kappa shape index (κ2) is 22.6. The lowest BCUT2D eigenvalue weighted by molar-refractivity contribution is -0.202. The number of imidazole rings is 1. The number of aliphatic hydroxyl groups excluding tert-OH is 5. The highest BCUT2D eigenvalue weighted by Gasteiger charge is 2.73. The molecule has 78 heavy (non-hydrogen) atoms. The first-order valence-corrected chi connectivity index (χ1v) is 28.3. The number of nitrogens with two attached hydrogens (primary N) is 2. The average molecular weight is 1140 g/mol. The molecule has 0 radical (unpaired) electrons. The van der Waals surface area contributed by atoms with Crippen molar-refractivity contribution in [3.8, 4) is 0 Å². The molecular formula is C48H65F2N7O19P2. The maximum atomic E-state index is 17.1. The van der Waals surface area contributed by atoms with Crippen molar-refractivity contribution >= 4 is 56.1 Å². The molecule has 11 N–H and O–H groups in total. The lowest BCUT2D eigenvalue weighted by Crippen LogP contribution is -2.68. The van der Waals surface area contributed by atoms with Crippen molar-refractivity contribution in [2.24, 2.45) is 40.2 Å². The fourth-order valence-corrected chi connectivity index (χ4v) is 14.7. The van der Waals surface area contributed by atoms with Gasteiger partial charge in [0.15, 0.2) is 41.2 Å². The number of nitrogen functional groups attached to an aromatic ring is 1. The van der Waals surface area contributed by atoms with Gasteiger partial charge in [-0.3, -0.25) is 32.8 Å². The van der Waals surface area contributed by atoms with E-state index in [1.165, 1.54) is 46.4 Å². The highest BCUT2D eigenvalue weighted by molar-refractivity contribution is 7.61. The molecule has 4 aliphatic carbocycles. The van der Waals surface area contributed by atoms with Gasteiger partial charge < -0.3 is 65.9 Å². The van der Waals surface area contributed by atoms with Crippen LogP contribution in [0.5, 0.6) is 0 Å². The molecule has 2 aromatic heterocycles. The predicted molar refractivity (Wildman–Crippen MR) is 264 cm³/mol. The van der Waals surface area contributed by atoms with E-state index in [2.05, 4.69) is 19.3 Å². The number of aromatic nitrogens is 4. The van der Waals surface area contributed by atoms with Crippen LogP contribution in [0.15, 0.2) is 60.5 Å². The minimum Gasteiger partial charge on any atom is -0.458 e. The van der Waals surface area contributed by atoms with Gasteiger partial charge in [-0.05, 0) is 74.0 Å². The Morgan fingerprint density at radius 3 is 2.22 bits per heavy atom. The fourth-order valence-electron chi connectivity index (χ4n) is 12.6. The number of esters is 1. The zero-order valence-electron chi connectivity index (χ0n) is 42.8. The molecule has 0 bridgehead atoms. The van der Waals surface area contributed by atoms with Crippen molar-refractivity contribution < 1.29 is 100.0 Å². The Bertz CT molecular complexity index is 2880. The van der Waals surface area contributed by atoms with E-state index in [0.29, 0.717) is 12.8 Å². The first-order chi connectivity index (χ1) is 36.6. The molecule has 26 nitrogen and oxygen atoms in total. The summed E-state index contributed by atoms with van der Waals surface area (Å²) in [6.07, 6.45) is -1.68. The zero-order chi connectivity index (χ0) is 57.0. The number of fused-ring (bicyclic) bond motifs is 6. The summed E-state index contributed by atoms with van der Waals surface area (Å²) in [6.45, 7) is 5.25. The first kappa shape index (κ1) is 59.4. The van der Waals surface area contributed by atoms with Gasteiger partial charge >= 0.3 is 21.6 Å². The first-order valence-electron chi connectivity index (χ1n) is 25.3. The SMILES string of the molecule is CCCCC(=O)OCC(=O)[C@H]1[C@H](C)C[C@H]2[C@@H]3C[C@H](F)C4=CC(=O)C=C[C@]4(C)[C@@]3(F)[C@@H](O)C[C@@]21C.NC(=O)C1=CN([C@@H]2O[C@H](COP(=O)(O)OP(=O)(O)OC[C@H]3O[C@@H](n4cnc5c(N)ncnc54)[C@H](O)[C@@H]3O)[C@@H](O)[C@H]2O)C=CC1. The molecule has 9 rings (SSSR count). The Morgan fingerprint density at radius 2 is 1.58 bits per heavy atom. The number of rotatable bonds is 17. The highest BCUT2D eigenvalue weighted by atomic mass is 31.3. The van der Waals surface area contributed by atoms with E-state index < -0.39 is 130 Å². The van der Waals surface area contributed by atoms with E-state index in [0.717, 1.165) is 12.7 Å². The van der Waals surface area contributed by atoms with Gasteiger partial charge in [0.1, 0.15) is 61.2 Å². The van der Waals surface area contributed by atoms with Crippen molar-refractivity contribution in [1.82, 2.24) is 24.4 Å². The van der Waals surface area contributed by atoms with Crippen LogP contribution >= 0.6 is 15.6 Å². The Balaban J connectivity index is 0.000000213. The van der Waals surface area contributed by atoms with Gasteiger partial charge in [0.05, 0.1) is 25.6 Å². The van der Waals surface area contributed by atoms with Crippen LogP contribution in [0.4, 0.5) is 14.6 Å². The number of phosphoric acid groups is 2. The quantitative estimate of drug-likeness (QED) is 0.0805. The molecule has 430 valence electrons. The van der Waals surface area contributed by atoms with Crippen molar-refractivity contribution in [2.45, 2.75) is 140 Å². The van der Waals surface area contributed by atoms with Crippen LogP contribution < -0.4 is 11.5 Å². The average Bonchev–Trinajstić information content (AvgIpc) is 2.92. The van der Waals surface area contributed by atoms with Gasteiger partial charge in [0, 0.05) is 41.6 Å². The van der Waals surface area contributed by atoms with E-state index in [9.17, 15) is 63.6 Å². The normalized spacial score (nSPS) is 38.5. The van der Waals surface area contributed by atoms with Crippen LogP contribution in [0.25, 0.3) is 11.2 Å². The topological polar surface area (TPSA) is 398 Å². The highest BCUT2D eigenvalue weighted by Crippen LogP contribution is 2.70. The van der Waals surface area contributed by atoms with Crippen molar-refractivity contribution in [2.75, 3.05) is 25.6 Å².